The van der Waals surface area contributed by atoms with Gasteiger partial charge in [-0.3, -0.25) is 0 Å². The van der Waals surface area contributed by atoms with E-state index in [2.05, 4.69) is 40.3 Å². The van der Waals surface area contributed by atoms with Gasteiger partial charge in [0.1, 0.15) is 5.76 Å². The number of ether oxygens (including phenoxy) is 3. The summed E-state index contributed by atoms with van der Waals surface area (Å²) in [6.45, 7) is 15.8. The fourth-order valence-corrected chi connectivity index (χ4v) is 3.11. The highest BCUT2D eigenvalue weighted by Gasteiger charge is 2.32. The number of rotatable bonds is 12. The van der Waals surface area contributed by atoms with Gasteiger partial charge in [-0.2, -0.15) is 0 Å². The minimum atomic E-state index is -0.357. The summed E-state index contributed by atoms with van der Waals surface area (Å²) in [4.78, 5) is 0. The van der Waals surface area contributed by atoms with Gasteiger partial charge in [0.25, 0.3) is 0 Å². The third-order valence-corrected chi connectivity index (χ3v) is 5.43. The number of allylic oxidation sites excluding steroid dienone is 2. The molecule has 0 aliphatic carbocycles. The summed E-state index contributed by atoms with van der Waals surface area (Å²) < 4.78 is 17.5. The molecule has 4 heteroatoms. The van der Waals surface area contributed by atoms with Crippen molar-refractivity contribution in [1.29, 1.82) is 0 Å². The number of hydrogen-bond acceptors (Lipinski definition) is 4. The maximum Gasteiger partial charge on any atom is 0.111 e. The highest BCUT2D eigenvalue weighted by Crippen LogP contribution is 2.25. The fraction of sp³-hybridized carbons (Fsp3) is 0.818. The zero-order valence-electron chi connectivity index (χ0n) is 17.4. The molecule has 4 nitrogen and oxygen atoms in total. The molecule has 1 fully saturated rings. The summed E-state index contributed by atoms with van der Waals surface area (Å²) in [7, 11) is 0. The van der Waals surface area contributed by atoms with Gasteiger partial charge in [0.05, 0.1) is 37.6 Å². The zero-order chi connectivity index (χ0) is 19.5. The second-order valence-corrected chi connectivity index (χ2v) is 7.74. The van der Waals surface area contributed by atoms with E-state index in [-0.39, 0.29) is 24.4 Å². The summed E-state index contributed by atoms with van der Waals surface area (Å²) in [5.41, 5.74) is 0. The van der Waals surface area contributed by atoms with Crippen LogP contribution in [0.3, 0.4) is 0 Å². The molecule has 1 unspecified atom stereocenters. The molecule has 5 atom stereocenters. The highest BCUT2D eigenvalue weighted by atomic mass is 16.5. The van der Waals surface area contributed by atoms with Gasteiger partial charge in [0.15, 0.2) is 0 Å². The van der Waals surface area contributed by atoms with Crippen LogP contribution in [0.2, 0.25) is 0 Å². The van der Waals surface area contributed by atoms with Crippen molar-refractivity contribution < 1.29 is 19.3 Å². The number of hydrogen-bond donors (Lipinski definition) is 1. The lowest BCUT2D eigenvalue weighted by molar-refractivity contribution is -0.159. The molecule has 0 spiro atoms. The van der Waals surface area contributed by atoms with Crippen LogP contribution < -0.4 is 0 Å². The average Bonchev–Trinajstić information content (AvgIpc) is 2.61. The van der Waals surface area contributed by atoms with Crippen LogP contribution >= 0.6 is 0 Å². The van der Waals surface area contributed by atoms with Gasteiger partial charge in [0.2, 0.25) is 0 Å². The van der Waals surface area contributed by atoms with Crippen LogP contribution in [0.5, 0.6) is 0 Å². The zero-order valence-corrected chi connectivity index (χ0v) is 17.4. The SMILES string of the molecule is C=C(/C=C/CC[C@@H](C)OCC1O[C@@H](C)[C@H](O)C[C@H]1C)OCC(CC)CC. The van der Waals surface area contributed by atoms with E-state index in [1.165, 1.54) is 0 Å². The first kappa shape index (κ1) is 23.2. The van der Waals surface area contributed by atoms with Crippen molar-refractivity contribution in [2.24, 2.45) is 11.8 Å². The first-order valence-electron chi connectivity index (χ1n) is 10.3. The summed E-state index contributed by atoms with van der Waals surface area (Å²) in [6, 6.07) is 0. The van der Waals surface area contributed by atoms with E-state index in [0.717, 1.165) is 44.5 Å². The van der Waals surface area contributed by atoms with Crippen molar-refractivity contribution in [3.8, 4) is 0 Å². The van der Waals surface area contributed by atoms with Crippen LogP contribution in [-0.2, 0) is 14.2 Å². The third-order valence-electron chi connectivity index (χ3n) is 5.43. The van der Waals surface area contributed by atoms with Crippen LogP contribution in [0, 0.1) is 11.8 Å². The van der Waals surface area contributed by atoms with E-state index in [1.807, 2.05) is 13.0 Å². The summed E-state index contributed by atoms with van der Waals surface area (Å²) in [5, 5.41) is 9.84. The predicted molar refractivity (Wildman–Crippen MR) is 107 cm³/mol. The molecule has 0 aromatic heterocycles. The average molecular weight is 369 g/mol. The molecule has 1 rings (SSSR count). The fourth-order valence-electron chi connectivity index (χ4n) is 3.11. The molecule has 0 aromatic carbocycles. The molecule has 1 aliphatic rings. The Balaban J connectivity index is 2.18. The van der Waals surface area contributed by atoms with Gasteiger partial charge in [-0.15, -0.1) is 0 Å². The van der Waals surface area contributed by atoms with Gasteiger partial charge in [0, 0.05) is 0 Å². The van der Waals surface area contributed by atoms with Gasteiger partial charge in [-0.25, -0.2) is 0 Å². The largest absolute Gasteiger partial charge is 0.494 e. The Bertz CT molecular complexity index is 416. The highest BCUT2D eigenvalue weighted by molar-refractivity contribution is 5.07. The van der Waals surface area contributed by atoms with E-state index < -0.39 is 0 Å². The molecular formula is C22H40O4. The second-order valence-electron chi connectivity index (χ2n) is 7.74. The van der Waals surface area contributed by atoms with E-state index in [1.54, 1.807) is 0 Å². The first-order chi connectivity index (χ1) is 12.4. The predicted octanol–water partition coefficient (Wildman–Crippen LogP) is 4.87. The van der Waals surface area contributed by atoms with E-state index >= 15 is 0 Å². The Morgan fingerprint density at radius 2 is 2.00 bits per heavy atom. The molecule has 0 aromatic rings. The van der Waals surface area contributed by atoms with Crippen LogP contribution in [0.25, 0.3) is 0 Å². The van der Waals surface area contributed by atoms with Crippen LogP contribution in [0.15, 0.2) is 24.5 Å². The Morgan fingerprint density at radius 1 is 1.31 bits per heavy atom. The second kappa shape index (κ2) is 12.5. The van der Waals surface area contributed by atoms with Gasteiger partial charge >= 0.3 is 0 Å². The van der Waals surface area contributed by atoms with Crippen molar-refractivity contribution in [3.63, 3.8) is 0 Å². The van der Waals surface area contributed by atoms with E-state index in [4.69, 9.17) is 14.2 Å². The molecule has 152 valence electrons. The monoisotopic (exact) mass is 368 g/mol. The van der Waals surface area contributed by atoms with E-state index in [9.17, 15) is 5.11 Å². The maximum absolute atomic E-state index is 9.84. The van der Waals surface area contributed by atoms with Crippen LogP contribution in [0.1, 0.15) is 66.7 Å². The number of aliphatic hydroxyl groups is 1. The lowest BCUT2D eigenvalue weighted by Crippen LogP contribution is -2.44. The Kier molecular flexibility index (Phi) is 11.2. The molecule has 1 N–H and O–H groups in total. The minimum absolute atomic E-state index is 0.0737. The Labute approximate surface area is 160 Å². The van der Waals surface area contributed by atoms with Crippen molar-refractivity contribution in [3.05, 3.63) is 24.5 Å². The molecular weight excluding hydrogens is 328 g/mol. The Morgan fingerprint density at radius 3 is 2.65 bits per heavy atom. The van der Waals surface area contributed by atoms with Gasteiger partial charge < -0.3 is 19.3 Å². The smallest absolute Gasteiger partial charge is 0.111 e. The normalized spacial score (nSPS) is 27.8. The van der Waals surface area contributed by atoms with Crippen molar-refractivity contribution in [1.82, 2.24) is 0 Å². The first-order valence-corrected chi connectivity index (χ1v) is 10.3. The van der Waals surface area contributed by atoms with Crippen molar-refractivity contribution in [2.75, 3.05) is 13.2 Å². The maximum atomic E-state index is 9.84. The molecule has 1 saturated heterocycles. The minimum Gasteiger partial charge on any atom is -0.494 e. The van der Waals surface area contributed by atoms with Crippen molar-refractivity contribution >= 4 is 0 Å². The third kappa shape index (κ3) is 8.70. The van der Waals surface area contributed by atoms with E-state index in [0.29, 0.717) is 18.4 Å². The molecule has 0 amide bonds. The summed E-state index contributed by atoms with van der Waals surface area (Å²) in [5.74, 6) is 1.67. The summed E-state index contributed by atoms with van der Waals surface area (Å²) >= 11 is 0. The molecule has 0 radical (unpaired) electrons. The van der Waals surface area contributed by atoms with Crippen molar-refractivity contribution in [2.45, 2.75) is 91.1 Å². The topological polar surface area (TPSA) is 47.9 Å². The number of aliphatic hydroxyl groups excluding tert-OH is 1. The molecule has 1 aliphatic heterocycles. The molecule has 0 bridgehead atoms. The molecule has 26 heavy (non-hydrogen) atoms. The lowest BCUT2D eigenvalue weighted by atomic mass is 9.92. The quantitative estimate of drug-likeness (QED) is 0.394. The standard InChI is InChI=1S/C22H40O4/c1-7-20(8-2)14-24-17(4)11-9-10-12-18(5)25-15-22-16(3)13-21(23)19(6)26-22/h9,11,16,18-23H,4,7-8,10,12-15H2,1-3,5-6H3/b11-9+/t16-,18-,19+,21-,22?/m1/s1. The lowest BCUT2D eigenvalue weighted by Gasteiger charge is -2.37. The molecule has 1 heterocycles. The van der Waals surface area contributed by atoms with Gasteiger partial charge in [-0.05, 0) is 51.0 Å². The molecule has 0 saturated carbocycles. The van der Waals surface area contributed by atoms with Crippen LogP contribution in [-0.4, -0.2) is 42.7 Å². The Hall–Kier alpha value is -0.840. The van der Waals surface area contributed by atoms with Gasteiger partial charge in [-0.1, -0.05) is 46.3 Å². The van der Waals surface area contributed by atoms with Crippen LogP contribution in [0.4, 0.5) is 0 Å². The summed E-state index contributed by atoms with van der Waals surface area (Å²) in [6.07, 6.45) is 8.81.